The van der Waals surface area contributed by atoms with Crippen molar-refractivity contribution in [1.29, 1.82) is 0 Å². The molecule has 3 aromatic carbocycles. The number of halogens is 2. The van der Waals surface area contributed by atoms with E-state index in [2.05, 4.69) is 17.2 Å². The zero-order valence-corrected chi connectivity index (χ0v) is 28.0. The first-order valence-electron chi connectivity index (χ1n) is 16.1. The number of carbonyl (C=O) groups is 1. The predicted molar refractivity (Wildman–Crippen MR) is 186 cm³/mol. The molecule has 9 heteroatoms. The molecule has 0 aliphatic heterocycles. The average molecular weight is 657 g/mol. The van der Waals surface area contributed by atoms with Crippen LogP contribution < -0.4 is 20.5 Å². The molecule has 0 aliphatic rings. The van der Waals surface area contributed by atoms with Gasteiger partial charge in [0.05, 0.1) is 16.7 Å². The quantitative estimate of drug-likeness (QED) is 0.0676. The highest BCUT2D eigenvalue weighted by molar-refractivity contribution is 6.42. The van der Waals surface area contributed by atoms with Gasteiger partial charge in [-0.2, -0.15) is 4.99 Å². The molecule has 0 bridgehead atoms. The van der Waals surface area contributed by atoms with Gasteiger partial charge in [0.2, 0.25) is 5.91 Å². The van der Waals surface area contributed by atoms with Crippen LogP contribution in [-0.2, 0) is 11.2 Å². The number of benzene rings is 3. The fourth-order valence-electron chi connectivity index (χ4n) is 4.95. The average Bonchev–Trinajstić information content (AvgIpc) is 3.02. The highest BCUT2D eigenvalue weighted by atomic mass is 35.5. The van der Waals surface area contributed by atoms with Gasteiger partial charge in [0, 0.05) is 23.7 Å². The minimum atomic E-state index is -0.238. The predicted octanol–water partition coefficient (Wildman–Crippen LogP) is 10.2. The lowest BCUT2D eigenvalue weighted by Crippen LogP contribution is -2.24. The van der Waals surface area contributed by atoms with Gasteiger partial charge in [-0.1, -0.05) is 107 Å². The van der Waals surface area contributed by atoms with Gasteiger partial charge >= 0.3 is 0 Å². The van der Waals surface area contributed by atoms with Crippen LogP contribution in [0.5, 0.6) is 17.2 Å². The second kappa shape index (κ2) is 19.9. The molecule has 3 rings (SSSR count). The zero-order valence-electron chi connectivity index (χ0n) is 26.5. The number of nitrogens with zero attached hydrogens (tertiary/aromatic N) is 1. The number of hydrogen-bond donors (Lipinski definition) is 3. The largest absolute Gasteiger partial charge is 0.506 e. The third-order valence-electron chi connectivity index (χ3n) is 7.62. The van der Waals surface area contributed by atoms with E-state index in [0.29, 0.717) is 34.3 Å². The third-order valence-corrected chi connectivity index (χ3v) is 8.36. The van der Waals surface area contributed by atoms with Crippen molar-refractivity contribution in [2.45, 2.75) is 90.9 Å². The third kappa shape index (κ3) is 13.2. The molecule has 3 aromatic rings. The Kier molecular flexibility index (Phi) is 15.9. The molecule has 0 fully saturated rings. The molecule has 0 radical (unpaired) electrons. The smallest absolute Gasteiger partial charge is 0.292 e. The van der Waals surface area contributed by atoms with Crippen molar-refractivity contribution < 1.29 is 19.4 Å². The van der Waals surface area contributed by atoms with E-state index in [0.717, 1.165) is 24.3 Å². The number of anilines is 1. The van der Waals surface area contributed by atoms with Crippen LogP contribution >= 0.6 is 23.2 Å². The Labute approximate surface area is 278 Å². The molecule has 1 amide bonds. The van der Waals surface area contributed by atoms with Gasteiger partial charge < -0.3 is 25.6 Å². The second-order valence-corrected chi connectivity index (χ2v) is 12.1. The molecule has 45 heavy (non-hydrogen) atoms. The molecule has 0 spiro atoms. The number of carbonyl (C=O) groups excluding carboxylic acids is 1. The van der Waals surface area contributed by atoms with E-state index >= 15 is 0 Å². The summed E-state index contributed by atoms with van der Waals surface area (Å²) in [6, 6.07) is 17.1. The van der Waals surface area contributed by atoms with E-state index in [4.69, 9.17) is 38.4 Å². The minimum Gasteiger partial charge on any atom is -0.506 e. The van der Waals surface area contributed by atoms with Crippen LogP contribution in [0.15, 0.2) is 65.7 Å². The molecule has 0 saturated carbocycles. The van der Waals surface area contributed by atoms with Crippen molar-refractivity contribution >= 4 is 46.5 Å². The molecular weight excluding hydrogens is 609 g/mol. The summed E-state index contributed by atoms with van der Waals surface area (Å²) in [7, 11) is 0. The zero-order chi connectivity index (χ0) is 32.4. The van der Waals surface area contributed by atoms with Crippen LogP contribution in [0.1, 0.15) is 90.0 Å². The molecule has 1 atom stereocenters. The van der Waals surface area contributed by atoms with Crippen molar-refractivity contribution in [3.8, 4) is 17.2 Å². The van der Waals surface area contributed by atoms with Crippen molar-refractivity contribution in [2.75, 3.05) is 11.9 Å². The molecular formula is C36H47Cl2N3O4. The van der Waals surface area contributed by atoms with Crippen molar-refractivity contribution in [3.63, 3.8) is 0 Å². The maximum absolute atomic E-state index is 13.1. The molecule has 4 N–H and O–H groups in total. The van der Waals surface area contributed by atoms with Crippen LogP contribution in [0, 0.1) is 5.92 Å². The van der Waals surface area contributed by atoms with Crippen LogP contribution in [0.3, 0.4) is 0 Å². The number of nitrogens with two attached hydrogens (primary N) is 1. The van der Waals surface area contributed by atoms with Crippen molar-refractivity contribution in [3.05, 3.63) is 76.3 Å². The summed E-state index contributed by atoms with van der Waals surface area (Å²) < 4.78 is 11.4. The highest BCUT2D eigenvalue weighted by Gasteiger charge is 2.18. The van der Waals surface area contributed by atoms with Crippen LogP contribution in [-0.4, -0.2) is 23.6 Å². The van der Waals surface area contributed by atoms with E-state index in [1.54, 1.807) is 24.3 Å². The van der Waals surface area contributed by atoms with Gasteiger partial charge in [-0.05, 0) is 61.2 Å². The number of ether oxygens (including phenoxy) is 2. The van der Waals surface area contributed by atoms with Crippen molar-refractivity contribution in [2.24, 2.45) is 16.6 Å². The summed E-state index contributed by atoms with van der Waals surface area (Å²) in [5, 5.41) is 14.1. The monoisotopic (exact) mass is 655 g/mol. The Morgan fingerprint density at radius 3 is 2.11 bits per heavy atom. The Hall–Kier alpha value is -3.42. The van der Waals surface area contributed by atoms with Gasteiger partial charge in [0.25, 0.3) is 6.02 Å². The standard InChI is InChI=1S/C36H47Cl2N3O4/c1-3-5-6-7-8-9-10-11-12-13-22-44-29-17-14-26(15-18-29)23-27(4-2)35(43)40-28-16-21-33(34(42)24-28)41-36(39)45-30-19-20-31(37)32(38)25-30/h14-21,24-25,27,42H,3-13,22-23H2,1-2H3,(H2,39,41)(H,40,43). The van der Waals surface area contributed by atoms with Crippen LogP contribution in [0.2, 0.25) is 10.0 Å². The number of phenols is 1. The van der Waals surface area contributed by atoms with E-state index < -0.39 is 0 Å². The fraction of sp³-hybridized carbons (Fsp3) is 0.444. The number of aliphatic imine (C=N–C) groups is 1. The maximum Gasteiger partial charge on any atom is 0.292 e. The minimum absolute atomic E-state index is 0.128. The normalized spacial score (nSPS) is 12.1. The Bertz CT molecular complexity index is 1360. The summed E-state index contributed by atoms with van der Waals surface area (Å²) in [6.45, 7) is 4.97. The van der Waals surface area contributed by atoms with Crippen LogP contribution in [0.25, 0.3) is 0 Å². The first kappa shape index (κ1) is 36.1. The van der Waals surface area contributed by atoms with Gasteiger partial charge in [-0.25, -0.2) is 0 Å². The summed E-state index contributed by atoms with van der Waals surface area (Å²) in [6.07, 6.45) is 14.3. The van der Waals surface area contributed by atoms with Crippen molar-refractivity contribution in [1.82, 2.24) is 0 Å². The molecule has 1 unspecified atom stereocenters. The lowest BCUT2D eigenvalue weighted by atomic mass is 9.96. The highest BCUT2D eigenvalue weighted by Crippen LogP contribution is 2.31. The maximum atomic E-state index is 13.1. The SMILES string of the molecule is CCCCCCCCCCCCOc1ccc(CC(CC)C(=O)Nc2ccc(N=C(N)Oc3ccc(Cl)c(Cl)c3)c(O)c2)cc1. The Morgan fingerprint density at radius 1 is 0.844 bits per heavy atom. The lowest BCUT2D eigenvalue weighted by Gasteiger charge is -2.16. The van der Waals surface area contributed by atoms with E-state index in [1.165, 1.54) is 69.9 Å². The number of phenolic OH excluding ortho intramolecular Hbond substituents is 1. The van der Waals surface area contributed by atoms with Gasteiger partial charge in [0.15, 0.2) is 0 Å². The van der Waals surface area contributed by atoms with Crippen LogP contribution in [0.4, 0.5) is 11.4 Å². The number of amidine groups is 1. The number of rotatable bonds is 19. The fourth-order valence-corrected chi connectivity index (χ4v) is 5.24. The first-order valence-corrected chi connectivity index (χ1v) is 16.9. The summed E-state index contributed by atoms with van der Waals surface area (Å²) >= 11 is 11.9. The number of hydrogen-bond acceptors (Lipinski definition) is 5. The van der Waals surface area contributed by atoms with E-state index in [1.807, 2.05) is 31.2 Å². The van der Waals surface area contributed by atoms with E-state index in [-0.39, 0.29) is 29.3 Å². The second-order valence-electron chi connectivity index (χ2n) is 11.3. The number of nitrogens with one attached hydrogen (secondary N) is 1. The summed E-state index contributed by atoms with van der Waals surface area (Å²) in [5.41, 5.74) is 7.59. The van der Waals surface area contributed by atoms with Gasteiger partial charge in [0.1, 0.15) is 22.9 Å². The molecule has 0 aromatic heterocycles. The molecule has 0 aliphatic carbocycles. The molecule has 7 nitrogen and oxygen atoms in total. The summed E-state index contributed by atoms with van der Waals surface area (Å²) in [5.74, 6) is 0.685. The first-order chi connectivity index (χ1) is 21.8. The van der Waals surface area contributed by atoms with Gasteiger partial charge in [-0.3, -0.25) is 4.79 Å². The van der Waals surface area contributed by atoms with Gasteiger partial charge in [-0.15, -0.1) is 0 Å². The topological polar surface area (TPSA) is 106 Å². The number of aromatic hydroxyl groups is 1. The number of unbranched alkanes of at least 4 members (excludes halogenated alkanes) is 9. The summed E-state index contributed by atoms with van der Waals surface area (Å²) in [4.78, 5) is 17.2. The lowest BCUT2D eigenvalue weighted by molar-refractivity contribution is -0.119. The Balaban J connectivity index is 1.41. The molecule has 0 saturated heterocycles. The number of amides is 1. The molecule has 244 valence electrons. The molecule has 0 heterocycles. The van der Waals surface area contributed by atoms with E-state index in [9.17, 15) is 9.90 Å². The Morgan fingerprint density at radius 2 is 1.49 bits per heavy atom.